The van der Waals surface area contributed by atoms with E-state index in [-0.39, 0.29) is 0 Å². The molecule has 0 spiro atoms. The Bertz CT molecular complexity index is 1390. The van der Waals surface area contributed by atoms with Gasteiger partial charge in [-0.1, -0.05) is 158 Å². The molecule has 0 saturated heterocycles. The van der Waals surface area contributed by atoms with Crippen molar-refractivity contribution in [3.05, 3.63) is 129 Å². The van der Waals surface area contributed by atoms with E-state index >= 15 is 0 Å². The van der Waals surface area contributed by atoms with Crippen LogP contribution in [0, 0.1) is 0 Å². The monoisotopic (exact) mass is 687 g/mol. The second kappa shape index (κ2) is 23.9. The van der Waals surface area contributed by atoms with Crippen molar-refractivity contribution in [1.82, 2.24) is 0 Å². The van der Waals surface area contributed by atoms with Crippen molar-refractivity contribution in [1.29, 1.82) is 0 Å². The third-order valence-corrected chi connectivity index (χ3v) is 10.8. The number of benzene rings is 4. The van der Waals surface area contributed by atoms with E-state index in [2.05, 4.69) is 74.5 Å². The first-order valence-electron chi connectivity index (χ1n) is 20.9. The zero-order chi connectivity index (χ0) is 35.9. The highest BCUT2D eigenvalue weighted by molar-refractivity contribution is 5.43. The summed E-state index contributed by atoms with van der Waals surface area (Å²) < 4.78 is 0. The number of nitrogen functional groups attached to an aromatic ring is 2. The molecule has 4 rings (SSSR count). The SMILES string of the molecule is CCCCCCc1cc(Cc2ccc(N)cc2)ccc1CCCCCCCCCCCc1ccc(Cc2ccc(N)cc2)cc1CCCCCC. The summed E-state index contributed by atoms with van der Waals surface area (Å²) in [6.07, 6.45) is 29.8. The van der Waals surface area contributed by atoms with Crippen molar-refractivity contribution < 1.29 is 0 Å². The van der Waals surface area contributed by atoms with Crippen LogP contribution in [0.3, 0.4) is 0 Å². The molecule has 0 unspecified atom stereocenters. The lowest BCUT2D eigenvalue weighted by molar-refractivity contribution is 0.557. The van der Waals surface area contributed by atoms with Crippen LogP contribution in [-0.4, -0.2) is 0 Å². The molecule has 2 nitrogen and oxygen atoms in total. The van der Waals surface area contributed by atoms with E-state index < -0.39 is 0 Å². The lowest BCUT2D eigenvalue weighted by atomic mass is 9.92. The van der Waals surface area contributed by atoms with Crippen LogP contribution in [0.1, 0.15) is 168 Å². The van der Waals surface area contributed by atoms with Crippen molar-refractivity contribution in [2.24, 2.45) is 0 Å². The maximum Gasteiger partial charge on any atom is 0.0314 e. The molecule has 276 valence electrons. The van der Waals surface area contributed by atoms with Gasteiger partial charge >= 0.3 is 0 Å². The largest absolute Gasteiger partial charge is 0.399 e. The van der Waals surface area contributed by atoms with Gasteiger partial charge in [0, 0.05) is 11.4 Å². The number of nitrogens with two attached hydrogens (primary N) is 2. The molecular weight excluding hydrogens is 617 g/mol. The Morgan fingerprint density at radius 2 is 0.608 bits per heavy atom. The summed E-state index contributed by atoms with van der Waals surface area (Å²) in [6, 6.07) is 31.4. The summed E-state index contributed by atoms with van der Waals surface area (Å²) in [4.78, 5) is 0. The molecule has 0 radical (unpaired) electrons. The topological polar surface area (TPSA) is 52.0 Å². The third kappa shape index (κ3) is 15.7. The first kappa shape index (κ1) is 40.3. The fourth-order valence-corrected chi connectivity index (χ4v) is 7.63. The number of hydrogen-bond donors (Lipinski definition) is 2. The molecule has 0 aliphatic carbocycles. The molecule has 0 saturated carbocycles. The lowest BCUT2D eigenvalue weighted by Crippen LogP contribution is -1.99. The Kier molecular flexibility index (Phi) is 18.8. The van der Waals surface area contributed by atoms with Gasteiger partial charge in [0.25, 0.3) is 0 Å². The van der Waals surface area contributed by atoms with E-state index in [0.29, 0.717) is 0 Å². The van der Waals surface area contributed by atoms with Gasteiger partial charge < -0.3 is 11.5 Å². The minimum atomic E-state index is 0.840. The van der Waals surface area contributed by atoms with Crippen LogP contribution in [-0.2, 0) is 38.5 Å². The van der Waals surface area contributed by atoms with E-state index in [4.69, 9.17) is 11.5 Å². The van der Waals surface area contributed by atoms with Gasteiger partial charge in [0.15, 0.2) is 0 Å². The Balaban J connectivity index is 1.13. The van der Waals surface area contributed by atoms with Gasteiger partial charge in [0.2, 0.25) is 0 Å². The van der Waals surface area contributed by atoms with E-state index in [1.807, 2.05) is 24.3 Å². The molecule has 4 aromatic carbocycles. The number of aryl methyl sites for hydroxylation is 4. The van der Waals surface area contributed by atoms with Crippen LogP contribution in [0.15, 0.2) is 84.9 Å². The van der Waals surface area contributed by atoms with Gasteiger partial charge in [0.1, 0.15) is 0 Å². The first-order valence-corrected chi connectivity index (χ1v) is 20.9. The summed E-state index contributed by atoms with van der Waals surface area (Å²) in [6.45, 7) is 4.60. The van der Waals surface area contributed by atoms with Gasteiger partial charge in [-0.2, -0.15) is 0 Å². The molecule has 0 aliphatic rings. The highest BCUT2D eigenvalue weighted by atomic mass is 14.5. The average molecular weight is 687 g/mol. The molecule has 4 aromatic rings. The van der Waals surface area contributed by atoms with Crippen molar-refractivity contribution in [3.63, 3.8) is 0 Å². The molecule has 0 aliphatic heterocycles. The fraction of sp³-hybridized carbons (Fsp3) is 0.510. The molecule has 0 bridgehead atoms. The zero-order valence-corrected chi connectivity index (χ0v) is 32.5. The Morgan fingerprint density at radius 1 is 0.314 bits per heavy atom. The van der Waals surface area contributed by atoms with Crippen LogP contribution in [0.25, 0.3) is 0 Å². The molecule has 0 atom stereocenters. The van der Waals surface area contributed by atoms with E-state index in [1.165, 1.54) is 157 Å². The molecule has 2 heteroatoms. The number of unbranched alkanes of at least 4 members (excludes halogenated alkanes) is 14. The summed E-state index contributed by atoms with van der Waals surface area (Å²) in [7, 11) is 0. The van der Waals surface area contributed by atoms with Crippen molar-refractivity contribution in [2.45, 2.75) is 162 Å². The molecule has 0 amide bonds. The second-order valence-electron chi connectivity index (χ2n) is 15.3. The van der Waals surface area contributed by atoms with Gasteiger partial charge in [-0.05, 0) is 133 Å². The molecule has 0 fully saturated rings. The van der Waals surface area contributed by atoms with Crippen molar-refractivity contribution >= 4 is 11.4 Å². The molecule has 4 N–H and O–H groups in total. The molecular formula is C49H70N2. The summed E-state index contributed by atoms with van der Waals surface area (Å²) >= 11 is 0. The van der Waals surface area contributed by atoms with Crippen LogP contribution in [0.4, 0.5) is 11.4 Å². The quantitative estimate of drug-likeness (QED) is 0.0510. The van der Waals surface area contributed by atoms with Gasteiger partial charge in [-0.15, -0.1) is 0 Å². The Labute approximate surface area is 312 Å². The summed E-state index contributed by atoms with van der Waals surface area (Å²) in [5, 5.41) is 0. The van der Waals surface area contributed by atoms with Crippen molar-refractivity contribution in [3.8, 4) is 0 Å². The smallest absolute Gasteiger partial charge is 0.0314 e. The van der Waals surface area contributed by atoms with Crippen LogP contribution in [0.5, 0.6) is 0 Å². The van der Waals surface area contributed by atoms with E-state index in [1.54, 1.807) is 22.3 Å². The number of rotatable bonds is 26. The molecule has 0 aromatic heterocycles. The number of anilines is 2. The van der Waals surface area contributed by atoms with Crippen molar-refractivity contribution in [2.75, 3.05) is 11.5 Å². The highest BCUT2D eigenvalue weighted by Gasteiger charge is 2.08. The Hall–Kier alpha value is -3.52. The van der Waals surface area contributed by atoms with Gasteiger partial charge in [-0.25, -0.2) is 0 Å². The van der Waals surface area contributed by atoms with Crippen LogP contribution in [0.2, 0.25) is 0 Å². The van der Waals surface area contributed by atoms with Crippen LogP contribution >= 0.6 is 0 Å². The van der Waals surface area contributed by atoms with Gasteiger partial charge in [-0.3, -0.25) is 0 Å². The molecule has 51 heavy (non-hydrogen) atoms. The zero-order valence-electron chi connectivity index (χ0n) is 32.5. The fourth-order valence-electron chi connectivity index (χ4n) is 7.63. The maximum atomic E-state index is 5.91. The predicted molar refractivity (Wildman–Crippen MR) is 225 cm³/mol. The minimum absolute atomic E-state index is 0.840. The lowest BCUT2D eigenvalue weighted by Gasteiger charge is -2.13. The normalized spacial score (nSPS) is 11.3. The second-order valence-corrected chi connectivity index (χ2v) is 15.3. The highest BCUT2D eigenvalue weighted by Crippen LogP contribution is 2.23. The predicted octanol–water partition coefficient (Wildman–Crippen LogP) is 13.6. The Morgan fingerprint density at radius 3 is 0.961 bits per heavy atom. The van der Waals surface area contributed by atoms with Gasteiger partial charge in [0.05, 0.1) is 0 Å². The third-order valence-electron chi connectivity index (χ3n) is 10.8. The van der Waals surface area contributed by atoms with Crippen LogP contribution < -0.4 is 11.5 Å². The first-order chi connectivity index (χ1) is 25.0. The van der Waals surface area contributed by atoms with E-state index in [9.17, 15) is 0 Å². The standard InChI is InChI=1S/C49H70N2/c1-3-5-7-16-22-46-38-42(36-40-26-32-48(50)33-27-40)24-30-44(46)20-18-14-12-10-9-11-13-15-19-21-45-31-25-43(37-41-28-34-49(51)35-29-41)39-47(45)23-17-8-6-4-2/h24-35,38-39H,3-23,36-37,50-51H2,1-2H3. The molecule has 0 heterocycles. The minimum Gasteiger partial charge on any atom is -0.399 e. The maximum absolute atomic E-state index is 5.91. The summed E-state index contributed by atoms with van der Waals surface area (Å²) in [5.41, 5.74) is 25.4. The summed E-state index contributed by atoms with van der Waals surface area (Å²) in [5.74, 6) is 0. The number of hydrogen-bond acceptors (Lipinski definition) is 2. The van der Waals surface area contributed by atoms with E-state index in [0.717, 1.165) is 24.2 Å². The average Bonchev–Trinajstić information content (AvgIpc) is 3.14.